The number of methoxy groups -OCH3 is 1. The van der Waals surface area contributed by atoms with Gasteiger partial charge in [0.05, 0.1) is 30.9 Å². The molecular formula is C19H20ClIN2O3. The van der Waals surface area contributed by atoms with Gasteiger partial charge in [-0.15, -0.1) is 0 Å². The Hall–Kier alpha value is -1.35. The van der Waals surface area contributed by atoms with Gasteiger partial charge in [-0.25, -0.2) is 0 Å². The second kappa shape index (κ2) is 9.03. The van der Waals surface area contributed by atoms with Gasteiger partial charge in [0.25, 0.3) is 5.91 Å². The number of rotatable bonds is 5. The maximum Gasteiger partial charge on any atom is 0.259 e. The Labute approximate surface area is 171 Å². The van der Waals surface area contributed by atoms with E-state index < -0.39 is 0 Å². The first-order valence-corrected chi connectivity index (χ1v) is 9.76. The molecule has 0 aliphatic carbocycles. The summed E-state index contributed by atoms with van der Waals surface area (Å²) < 4.78 is 11.5. The van der Waals surface area contributed by atoms with Crippen LogP contribution in [0, 0.1) is 3.57 Å². The molecule has 2 aromatic carbocycles. The highest BCUT2D eigenvalue weighted by atomic mass is 127. The van der Waals surface area contributed by atoms with Gasteiger partial charge in [-0.3, -0.25) is 9.69 Å². The number of amides is 1. The van der Waals surface area contributed by atoms with E-state index in [0.29, 0.717) is 16.3 Å². The monoisotopic (exact) mass is 486 g/mol. The number of hydrogen-bond acceptors (Lipinski definition) is 4. The van der Waals surface area contributed by atoms with Crippen molar-refractivity contribution in [2.45, 2.75) is 6.54 Å². The smallest absolute Gasteiger partial charge is 0.259 e. The van der Waals surface area contributed by atoms with Crippen molar-refractivity contribution in [3.8, 4) is 5.75 Å². The highest BCUT2D eigenvalue weighted by Gasteiger charge is 2.16. The lowest BCUT2D eigenvalue weighted by Crippen LogP contribution is -2.35. The quantitative estimate of drug-likeness (QED) is 0.648. The Morgan fingerprint density at radius 3 is 2.81 bits per heavy atom. The zero-order valence-electron chi connectivity index (χ0n) is 14.4. The summed E-state index contributed by atoms with van der Waals surface area (Å²) in [6.07, 6.45) is 0. The van der Waals surface area contributed by atoms with E-state index in [1.807, 2.05) is 18.2 Å². The largest absolute Gasteiger partial charge is 0.496 e. The van der Waals surface area contributed by atoms with E-state index in [-0.39, 0.29) is 5.91 Å². The summed E-state index contributed by atoms with van der Waals surface area (Å²) in [5, 5.41) is 3.46. The van der Waals surface area contributed by atoms with Gasteiger partial charge >= 0.3 is 0 Å². The summed E-state index contributed by atoms with van der Waals surface area (Å²) in [5.74, 6) is 0.254. The van der Waals surface area contributed by atoms with Crippen molar-refractivity contribution in [3.63, 3.8) is 0 Å². The lowest BCUT2D eigenvalue weighted by Gasteiger charge is -2.26. The van der Waals surface area contributed by atoms with Crippen LogP contribution in [-0.4, -0.2) is 44.2 Å². The number of morpholine rings is 1. The third kappa shape index (κ3) is 4.88. The highest BCUT2D eigenvalue weighted by molar-refractivity contribution is 14.1. The lowest BCUT2D eigenvalue weighted by atomic mass is 10.1. The van der Waals surface area contributed by atoms with Crippen LogP contribution in [0.25, 0.3) is 0 Å². The Morgan fingerprint density at radius 1 is 1.31 bits per heavy atom. The molecule has 0 saturated carbocycles. The number of halogens is 2. The van der Waals surface area contributed by atoms with E-state index in [4.69, 9.17) is 21.1 Å². The molecule has 3 rings (SSSR count). The van der Waals surface area contributed by atoms with Gasteiger partial charge in [0, 0.05) is 28.9 Å². The van der Waals surface area contributed by atoms with Crippen molar-refractivity contribution in [2.24, 2.45) is 0 Å². The first kappa shape index (κ1) is 19.4. The van der Waals surface area contributed by atoms with Gasteiger partial charge in [0.15, 0.2) is 0 Å². The molecule has 1 fully saturated rings. The molecule has 26 heavy (non-hydrogen) atoms. The molecule has 0 atom stereocenters. The minimum Gasteiger partial charge on any atom is -0.496 e. The van der Waals surface area contributed by atoms with Crippen molar-refractivity contribution < 1.29 is 14.3 Å². The van der Waals surface area contributed by atoms with Gasteiger partial charge in [0.2, 0.25) is 0 Å². The molecule has 138 valence electrons. The van der Waals surface area contributed by atoms with E-state index in [1.165, 1.54) is 0 Å². The standard InChI is InChI=1S/C19H20ClIN2O3/c1-25-18-11-17(21)16(20)10-15(18)19(24)22-14-4-2-3-13(9-14)12-23-5-7-26-8-6-23/h2-4,9-11H,5-8,12H2,1H3,(H,22,24). The minimum atomic E-state index is -0.247. The van der Waals surface area contributed by atoms with Crippen LogP contribution in [0.5, 0.6) is 5.75 Å². The Balaban J connectivity index is 1.73. The summed E-state index contributed by atoms with van der Waals surface area (Å²) in [5.41, 5.74) is 2.31. The van der Waals surface area contributed by atoms with E-state index >= 15 is 0 Å². The normalized spacial score (nSPS) is 14.9. The molecule has 5 nitrogen and oxygen atoms in total. The summed E-state index contributed by atoms with van der Waals surface area (Å²) in [6.45, 7) is 4.23. The van der Waals surface area contributed by atoms with Crippen molar-refractivity contribution in [1.29, 1.82) is 0 Å². The highest BCUT2D eigenvalue weighted by Crippen LogP contribution is 2.29. The predicted octanol–water partition coefficient (Wildman–Crippen LogP) is 4.04. The molecule has 0 spiro atoms. The van der Waals surface area contributed by atoms with Crippen molar-refractivity contribution in [1.82, 2.24) is 4.90 Å². The fourth-order valence-electron chi connectivity index (χ4n) is 2.84. The van der Waals surface area contributed by atoms with E-state index in [2.05, 4.69) is 38.9 Å². The second-order valence-electron chi connectivity index (χ2n) is 6.01. The van der Waals surface area contributed by atoms with Crippen LogP contribution < -0.4 is 10.1 Å². The molecule has 1 amide bonds. The van der Waals surface area contributed by atoms with E-state index in [0.717, 1.165) is 47.7 Å². The zero-order chi connectivity index (χ0) is 18.5. The van der Waals surface area contributed by atoms with Gasteiger partial charge < -0.3 is 14.8 Å². The first-order chi connectivity index (χ1) is 12.6. The molecular weight excluding hydrogens is 467 g/mol. The fraction of sp³-hybridized carbons (Fsp3) is 0.316. The number of ether oxygens (including phenoxy) is 2. The maximum absolute atomic E-state index is 12.7. The third-order valence-electron chi connectivity index (χ3n) is 4.18. The molecule has 1 aliphatic heterocycles. The van der Waals surface area contributed by atoms with Crippen LogP contribution in [0.1, 0.15) is 15.9 Å². The van der Waals surface area contributed by atoms with Crippen LogP contribution in [0.4, 0.5) is 5.69 Å². The van der Waals surface area contributed by atoms with Crippen molar-refractivity contribution in [2.75, 3.05) is 38.7 Å². The molecule has 7 heteroatoms. The van der Waals surface area contributed by atoms with Crippen LogP contribution in [-0.2, 0) is 11.3 Å². The number of nitrogens with one attached hydrogen (secondary N) is 1. The molecule has 0 aromatic heterocycles. The first-order valence-electron chi connectivity index (χ1n) is 8.30. The maximum atomic E-state index is 12.7. The molecule has 1 heterocycles. The van der Waals surface area contributed by atoms with Gasteiger partial charge in [-0.05, 0) is 52.4 Å². The number of anilines is 1. The van der Waals surface area contributed by atoms with Crippen LogP contribution in [0.2, 0.25) is 5.02 Å². The van der Waals surface area contributed by atoms with Crippen molar-refractivity contribution in [3.05, 3.63) is 56.1 Å². The molecule has 0 radical (unpaired) electrons. The van der Waals surface area contributed by atoms with Crippen LogP contribution in [0.3, 0.4) is 0 Å². The van der Waals surface area contributed by atoms with Gasteiger partial charge in [-0.2, -0.15) is 0 Å². The minimum absolute atomic E-state index is 0.247. The topological polar surface area (TPSA) is 50.8 Å². The zero-order valence-corrected chi connectivity index (χ0v) is 17.3. The Morgan fingerprint density at radius 2 is 2.08 bits per heavy atom. The van der Waals surface area contributed by atoms with Crippen LogP contribution in [0.15, 0.2) is 36.4 Å². The Bertz CT molecular complexity index is 794. The molecule has 0 unspecified atom stereocenters. The average Bonchev–Trinajstić information content (AvgIpc) is 2.64. The number of carbonyl (C=O) groups excluding carboxylic acids is 1. The second-order valence-corrected chi connectivity index (χ2v) is 7.58. The molecule has 1 N–H and O–H groups in total. The third-order valence-corrected chi connectivity index (χ3v) is 5.71. The number of carbonyl (C=O) groups is 1. The lowest BCUT2D eigenvalue weighted by molar-refractivity contribution is 0.0342. The fourth-order valence-corrected chi connectivity index (χ4v) is 3.44. The number of hydrogen-bond donors (Lipinski definition) is 1. The summed E-state index contributed by atoms with van der Waals surface area (Å²) in [7, 11) is 1.54. The van der Waals surface area contributed by atoms with E-state index in [1.54, 1.807) is 19.2 Å². The molecule has 0 bridgehead atoms. The van der Waals surface area contributed by atoms with Gasteiger partial charge in [-0.1, -0.05) is 23.7 Å². The van der Waals surface area contributed by atoms with E-state index in [9.17, 15) is 4.79 Å². The van der Waals surface area contributed by atoms with Crippen molar-refractivity contribution >= 4 is 45.8 Å². The Kier molecular flexibility index (Phi) is 6.74. The SMILES string of the molecule is COc1cc(I)c(Cl)cc1C(=O)Nc1cccc(CN2CCOCC2)c1. The van der Waals surface area contributed by atoms with Gasteiger partial charge in [0.1, 0.15) is 5.75 Å². The number of benzene rings is 2. The van der Waals surface area contributed by atoms with Crippen LogP contribution >= 0.6 is 34.2 Å². The molecule has 2 aromatic rings. The average molecular weight is 487 g/mol. The summed E-state index contributed by atoms with van der Waals surface area (Å²) in [6, 6.07) is 11.3. The summed E-state index contributed by atoms with van der Waals surface area (Å²) in [4.78, 5) is 15.0. The molecule has 1 saturated heterocycles. The predicted molar refractivity (Wildman–Crippen MR) is 111 cm³/mol. The summed E-state index contributed by atoms with van der Waals surface area (Å²) >= 11 is 8.27. The molecule has 1 aliphatic rings. The number of nitrogens with zero attached hydrogens (tertiary/aromatic N) is 1.